The normalized spacial score (nSPS) is 26.3. The molecule has 0 radical (unpaired) electrons. The van der Waals surface area contributed by atoms with Crippen LogP contribution in [-0.2, 0) is 11.3 Å². The summed E-state index contributed by atoms with van der Waals surface area (Å²) in [6.45, 7) is 2.73. The molecule has 1 aromatic rings. The van der Waals surface area contributed by atoms with Gasteiger partial charge in [0, 0.05) is 17.5 Å². The highest BCUT2D eigenvalue weighted by Crippen LogP contribution is 2.33. The van der Waals surface area contributed by atoms with Gasteiger partial charge >= 0.3 is 0 Å². The van der Waals surface area contributed by atoms with Crippen molar-refractivity contribution in [1.82, 2.24) is 10.6 Å². The van der Waals surface area contributed by atoms with Gasteiger partial charge in [-0.1, -0.05) is 25.0 Å². The fourth-order valence-corrected chi connectivity index (χ4v) is 4.53. The Labute approximate surface area is 149 Å². The SMILES string of the molecule is CSc1cc(C)ccc1CNC(=O)C1CC2CCCCC2N1.Cl. The lowest BCUT2D eigenvalue weighted by Crippen LogP contribution is -2.42. The van der Waals surface area contributed by atoms with Gasteiger partial charge in [-0.2, -0.15) is 0 Å². The predicted molar refractivity (Wildman–Crippen MR) is 99.3 cm³/mol. The molecule has 3 unspecified atom stereocenters. The Morgan fingerprint density at radius 2 is 2.13 bits per heavy atom. The van der Waals surface area contributed by atoms with E-state index < -0.39 is 0 Å². The van der Waals surface area contributed by atoms with Gasteiger partial charge in [-0.25, -0.2) is 0 Å². The third-order valence-electron chi connectivity index (χ3n) is 5.07. The van der Waals surface area contributed by atoms with E-state index in [4.69, 9.17) is 0 Å². The molecule has 1 amide bonds. The molecule has 1 aliphatic heterocycles. The van der Waals surface area contributed by atoms with Crippen molar-refractivity contribution in [3.63, 3.8) is 0 Å². The molecule has 1 saturated carbocycles. The van der Waals surface area contributed by atoms with Crippen molar-refractivity contribution >= 4 is 30.1 Å². The Morgan fingerprint density at radius 3 is 2.87 bits per heavy atom. The first-order valence-corrected chi connectivity index (χ1v) is 9.57. The van der Waals surface area contributed by atoms with Crippen molar-refractivity contribution in [2.45, 2.75) is 62.6 Å². The van der Waals surface area contributed by atoms with Crippen molar-refractivity contribution in [3.05, 3.63) is 29.3 Å². The van der Waals surface area contributed by atoms with Gasteiger partial charge in [0.1, 0.15) is 0 Å². The molecule has 0 bridgehead atoms. The van der Waals surface area contributed by atoms with Gasteiger partial charge in [0.2, 0.25) is 5.91 Å². The van der Waals surface area contributed by atoms with Crippen LogP contribution in [0.4, 0.5) is 0 Å². The first-order valence-electron chi connectivity index (χ1n) is 8.34. The van der Waals surface area contributed by atoms with Crippen LogP contribution in [0.5, 0.6) is 0 Å². The lowest BCUT2D eigenvalue weighted by Gasteiger charge is -2.24. The van der Waals surface area contributed by atoms with Crippen LogP contribution >= 0.6 is 24.2 Å². The van der Waals surface area contributed by atoms with Crippen LogP contribution in [-0.4, -0.2) is 24.2 Å². The maximum atomic E-state index is 12.4. The van der Waals surface area contributed by atoms with E-state index in [2.05, 4.69) is 42.0 Å². The first-order chi connectivity index (χ1) is 10.7. The molecule has 0 spiro atoms. The molecule has 128 valence electrons. The molecule has 1 saturated heterocycles. The number of aryl methyl sites for hydroxylation is 1. The summed E-state index contributed by atoms with van der Waals surface area (Å²) in [6, 6.07) is 7.02. The fourth-order valence-electron chi connectivity index (χ4n) is 3.82. The van der Waals surface area contributed by atoms with E-state index in [0.717, 1.165) is 6.42 Å². The Hall–Kier alpha value is -0.710. The predicted octanol–water partition coefficient (Wildman–Crippen LogP) is 3.68. The number of halogens is 1. The largest absolute Gasteiger partial charge is 0.351 e. The monoisotopic (exact) mass is 354 g/mol. The van der Waals surface area contributed by atoms with Crippen LogP contribution < -0.4 is 10.6 Å². The number of thioether (sulfide) groups is 1. The third-order valence-corrected chi connectivity index (χ3v) is 5.89. The standard InChI is InChI=1S/C18H26N2OS.ClH/c1-12-7-8-14(17(9-12)22-2)11-19-18(21)16-10-13-5-3-4-6-15(13)20-16;/h7-9,13,15-16,20H,3-6,10-11H2,1-2H3,(H,19,21);1H. The second kappa shape index (κ2) is 8.41. The molecule has 2 N–H and O–H groups in total. The van der Waals surface area contributed by atoms with E-state index in [1.165, 1.54) is 41.7 Å². The number of nitrogens with one attached hydrogen (secondary N) is 2. The molecule has 0 aromatic heterocycles. The fraction of sp³-hybridized carbons (Fsp3) is 0.611. The molecule has 1 aromatic carbocycles. The summed E-state index contributed by atoms with van der Waals surface area (Å²) >= 11 is 1.74. The summed E-state index contributed by atoms with van der Waals surface area (Å²) in [5.74, 6) is 0.882. The van der Waals surface area contributed by atoms with Crippen LogP contribution in [0.25, 0.3) is 0 Å². The van der Waals surface area contributed by atoms with Crippen LogP contribution in [0.15, 0.2) is 23.1 Å². The zero-order valence-electron chi connectivity index (χ0n) is 13.9. The van der Waals surface area contributed by atoms with Crippen molar-refractivity contribution in [1.29, 1.82) is 0 Å². The highest BCUT2D eigenvalue weighted by atomic mass is 35.5. The summed E-state index contributed by atoms with van der Waals surface area (Å²) < 4.78 is 0. The van der Waals surface area contributed by atoms with Gasteiger partial charge < -0.3 is 10.6 Å². The second-order valence-corrected chi connectivity index (χ2v) is 7.49. The van der Waals surface area contributed by atoms with Gasteiger partial charge in [-0.3, -0.25) is 4.79 Å². The van der Waals surface area contributed by atoms with E-state index in [1.54, 1.807) is 11.8 Å². The lowest BCUT2D eigenvalue weighted by molar-refractivity contribution is -0.123. The van der Waals surface area contributed by atoms with Gasteiger partial charge in [-0.05, 0) is 55.6 Å². The van der Waals surface area contributed by atoms with Gasteiger partial charge in [0.05, 0.1) is 6.04 Å². The summed E-state index contributed by atoms with van der Waals surface area (Å²) in [7, 11) is 0. The Balaban J connectivity index is 0.00000192. The summed E-state index contributed by atoms with van der Waals surface area (Å²) in [5.41, 5.74) is 2.47. The third kappa shape index (κ3) is 4.43. The lowest BCUT2D eigenvalue weighted by atomic mass is 9.85. The van der Waals surface area contributed by atoms with Crippen LogP contribution in [0.1, 0.15) is 43.2 Å². The maximum absolute atomic E-state index is 12.4. The van der Waals surface area contributed by atoms with Crippen LogP contribution in [0.2, 0.25) is 0 Å². The van der Waals surface area contributed by atoms with Crippen LogP contribution in [0, 0.1) is 12.8 Å². The van der Waals surface area contributed by atoms with Crippen LogP contribution in [0.3, 0.4) is 0 Å². The second-order valence-electron chi connectivity index (χ2n) is 6.64. The van der Waals surface area contributed by atoms with E-state index in [-0.39, 0.29) is 24.4 Å². The molecule has 2 aliphatic rings. The molecule has 3 atom stereocenters. The minimum atomic E-state index is 0. The number of carbonyl (C=O) groups excluding carboxylic acids is 1. The number of amides is 1. The van der Waals surface area contributed by atoms with Crippen molar-refractivity contribution < 1.29 is 4.79 Å². The van der Waals surface area contributed by atoms with Crippen molar-refractivity contribution in [2.75, 3.05) is 6.26 Å². The summed E-state index contributed by atoms with van der Waals surface area (Å²) in [4.78, 5) is 13.7. The maximum Gasteiger partial charge on any atom is 0.237 e. The molecule has 3 rings (SSSR count). The van der Waals surface area contributed by atoms with E-state index in [0.29, 0.717) is 18.5 Å². The molecular weight excluding hydrogens is 328 g/mol. The summed E-state index contributed by atoms with van der Waals surface area (Å²) in [5, 5.41) is 6.68. The van der Waals surface area contributed by atoms with E-state index in [1.807, 2.05) is 0 Å². The Bertz CT molecular complexity index is 538. The quantitative estimate of drug-likeness (QED) is 0.810. The highest BCUT2D eigenvalue weighted by Gasteiger charge is 2.37. The molecule has 2 fully saturated rings. The number of hydrogen-bond acceptors (Lipinski definition) is 3. The number of rotatable bonds is 4. The summed E-state index contributed by atoms with van der Waals surface area (Å²) in [6.07, 6.45) is 8.27. The van der Waals surface area contributed by atoms with Gasteiger partial charge in [0.25, 0.3) is 0 Å². The zero-order valence-corrected chi connectivity index (χ0v) is 15.6. The van der Waals surface area contributed by atoms with Crippen molar-refractivity contribution in [3.8, 4) is 0 Å². The number of benzene rings is 1. The number of hydrogen-bond donors (Lipinski definition) is 2. The minimum absolute atomic E-state index is 0. The molecule has 1 heterocycles. The zero-order chi connectivity index (χ0) is 15.5. The topological polar surface area (TPSA) is 41.1 Å². The van der Waals surface area contributed by atoms with E-state index in [9.17, 15) is 4.79 Å². The van der Waals surface area contributed by atoms with Crippen molar-refractivity contribution in [2.24, 2.45) is 5.92 Å². The Kier molecular flexibility index (Phi) is 6.81. The molecule has 3 nitrogen and oxygen atoms in total. The average molecular weight is 355 g/mol. The van der Waals surface area contributed by atoms with Gasteiger partial charge in [0.15, 0.2) is 0 Å². The first kappa shape index (κ1) is 18.6. The number of fused-ring (bicyclic) bond motifs is 1. The van der Waals surface area contributed by atoms with E-state index >= 15 is 0 Å². The molecule has 5 heteroatoms. The average Bonchev–Trinajstić information content (AvgIpc) is 2.97. The molecule has 1 aliphatic carbocycles. The molecule has 23 heavy (non-hydrogen) atoms. The highest BCUT2D eigenvalue weighted by molar-refractivity contribution is 7.98. The number of carbonyl (C=O) groups is 1. The molecular formula is C18H27ClN2OS. The minimum Gasteiger partial charge on any atom is -0.351 e. The smallest absolute Gasteiger partial charge is 0.237 e. The van der Waals surface area contributed by atoms with Gasteiger partial charge in [-0.15, -0.1) is 24.2 Å². The Morgan fingerprint density at radius 1 is 1.35 bits per heavy atom.